The zero-order chi connectivity index (χ0) is 21.3. The number of para-hydroxylation sites is 1. The highest BCUT2D eigenvalue weighted by molar-refractivity contribution is 7.15. The molecule has 0 amide bonds. The maximum absolute atomic E-state index is 12.8. The van der Waals surface area contributed by atoms with Crippen molar-refractivity contribution < 1.29 is 19.0 Å². The number of methoxy groups -OCH3 is 1. The number of aromatic nitrogens is 2. The summed E-state index contributed by atoms with van der Waals surface area (Å²) in [6.45, 7) is -0.646. The number of fused-ring (bicyclic) bond motifs is 1. The number of thiazole rings is 1. The van der Waals surface area contributed by atoms with Crippen LogP contribution in [-0.2, 0) is 0 Å². The topological polar surface area (TPSA) is 73.1 Å². The minimum Gasteiger partial charge on any atom is -0.503 e. The quantitative estimate of drug-likeness (QED) is 0.489. The van der Waals surface area contributed by atoms with Crippen molar-refractivity contribution in [1.82, 2.24) is 9.38 Å². The second-order valence-corrected chi connectivity index (χ2v) is 7.70. The van der Waals surface area contributed by atoms with Crippen molar-refractivity contribution in [3.63, 3.8) is 0 Å². The Morgan fingerprint density at radius 3 is 2.83 bits per heavy atom. The first-order valence-corrected chi connectivity index (χ1v) is 10.1. The molecule has 2 heterocycles. The molecular formula is C21H16ClFN2O4S. The predicted molar refractivity (Wildman–Crippen MR) is 115 cm³/mol. The lowest BCUT2D eigenvalue weighted by molar-refractivity contribution is 0.274. The molecule has 2 aromatic carbocycles. The molecule has 0 aliphatic rings. The molecular weight excluding hydrogens is 431 g/mol. The minimum absolute atomic E-state index is 0.0518. The highest BCUT2D eigenvalue weighted by Gasteiger charge is 2.14. The number of alkyl halides is 1. The van der Waals surface area contributed by atoms with Crippen molar-refractivity contribution in [2.45, 2.75) is 0 Å². The molecule has 4 aromatic rings. The van der Waals surface area contributed by atoms with Crippen LogP contribution in [0.3, 0.4) is 0 Å². The number of phenols is 1. The van der Waals surface area contributed by atoms with Crippen LogP contribution in [0.4, 0.5) is 4.39 Å². The van der Waals surface area contributed by atoms with Crippen LogP contribution in [0.15, 0.2) is 47.4 Å². The summed E-state index contributed by atoms with van der Waals surface area (Å²) in [5.41, 5.74) is 1.62. The van der Waals surface area contributed by atoms with Crippen molar-refractivity contribution >= 4 is 34.0 Å². The summed E-state index contributed by atoms with van der Waals surface area (Å²) >= 11 is 7.24. The second-order valence-electron chi connectivity index (χ2n) is 6.28. The summed E-state index contributed by atoms with van der Waals surface area (Å²) < 4.78 is 24.9. The highest BCUT2D eigenvalue weighted by atomic mass is 35.5. The molecule has 0 bridgehead atoms. The third kappa shape index (κ3) is 3.71. The molecule has 2 aromatic heterocycles. The molecule has 0 spiro atoms. The maximum atomic E-state index is 12.8. The first kappa shape index (κ1) is 20.2. The molecule has 0 atom stereocenters. The van der Waals surface area contributed by atoms with Crippen LogP contribution in [0.5, 0.6) is 17.2 Å². The Morgan fingerprint density at radius 1 is 1.30 bits per heavy atom. The molecule has 154 valence electrons. The average molecular weight is 447 g/mol. The molecule has 6 nitrogen and oxygen atoms in total. The van der Waals surface area contributed by atoms with E-state index in [9.17, 15) is 14.3 Å². The number of nitrogens with zero attached hydrogens (tertiary/aromatic N) is 2. The lowest BCUT2D eigenvalue weighted by Crippen LogP contribution is -2.22. The first-order valence-electron chi connectivity index (χ1n) is 8.90. The van der Waals surface area contributed by atoms with Crippen LogP contribution in [0.1, 0.15) is 5.56 Å². The van der Waals surface area contributed by atoms with Crippen molar-refractivity contribution in [2.24, 2.45) is 0 Å². The highest BCUT2D eigenvalue weighted by Crippen LogP contribution is 2.35. The maximum Gasteiger partial charge on any atom is 0.274 e. The molecule has 0 saturated heterocycles. The van der Waals surface area contributed by atoms with Crippen LogP contribution >= 0.6 is 22.9 Å². The van der Waals surface area contributed by atoms with E-state index < -0.39 is 6.67 Å². The number of aromatic hydroxyl groups is 1. The smallest absolute Gasteiger partial charge is 0.274 e. The van der Waals surface area contributed by atoms with Crippen LogP contribution in [0.2, 0.25) is 5.02 Å². The number of imidazole rings is 1. The number of ether oxygens (including phenoxy) is 2. The van der Waals surface area contributed by atoms with E-state index in [4.69, 9.17) is 21.1 Å². The van der Waals surface area contributed by atoms with Gasteiger partial charge in [-0.25, -0.2) is 9.37 Å². The van der Waals surface area contributed by atoms with Gasteiger partial charge in [0, 0.05) is 11.8 Å². The van der Waals surface area contributed by atoms with Gasteiger partial charge in [-0.2, -0.15) is 0 Å². The van der Waals surface area contributed by atoms with Gasteiger partial charge in [0.1, 0.15) is 19.0 Å². The Balaban J connectivity index is 1.77. The summed E-state index contributed by atoms with van der Waals surface area (Å²) in [7, 11) is 1.42. The van der Waals surface area contributed by atoms with Crippen molar-refractivity contribution in [3.05, 3.63) is 68.1 Å². The van der Waals surface area contributed by atoms with Crippen LogP contribution in [0.25, 0.3) is 22.3 Å². The van der Waals surface area contributed by atoms with Gasteiger partial charge in [0.25, 0.3) is 5.56 Å². The summed E-state index contributed by atoms with van der Waals surface area (Å²) in [6.07, 6.45) is 3.29. The van der Waals surface area contributed by atoms with Crippen LogP contribution in [-0.4, -0.2) is 34.9 Å². The number of hydrogen-bond acceptors (Lipinski definition) is 6. The number of phenolic OH excluding ortho intramolecular Hbond substituents is 1. The summed E-state index contributed by atoms with van der Waals surface area (Å²) in [4.78, 5) is 17.9. The molecule has 0 saturated carbocycles. The Morgan fingerprint density at radius 2 is 2.10 bits per heavy atom. The van der Waals surface area contributed by atoms with Gasteiger partial charge in [-0.05, 0) is 35.9 Å². The van der Waals surface area contributed by atoms with Crippen molar-refractivity contribution in [1.29, 1.82) is 0 Å². The van der Waals surface area contributed by atoms with E-state index >= 15 is 0 Å². The standard InChI is InChI=1S/C21H16ClFN2O4S/c1-28-17-9-12(8-14(22)19(17)26)10-18-20(27)25-11-15(24-21(25)30-18)13-4-2-3-5-16(13)29-7-6-23/h2-5,8-11,26H,6-7H2,1H3/b18-10-. The van der Waals surface area contributed by atoms with E-state index in [2.05, 4.69) is 4.98 Å². The molecule has 0 aliphatic carbocycles. The fourth-order valence-electron chi connectivity index (χ4n) is 3.00. The number of benzene rings is 2. The lowest BCUT2D eigenvalue weighted by Gasteiger charge is -2.07. The lowest BCUT2D eigenvalue weighted by atomic mass is 10.1. The van der Waals surface area contributed by atoms with E-state index in [1.54, 1.807) is 36.5 Å². The Labute approximate surface area is 179 Å². The van der Waals surface area contributed by atoms with E-state index in [1.807, 2.05) is 12.1 Å². The Kier molecular flexibility index (Phi) is 5.61. The van der Waals surface area contributed by atoms with Gasteiger partial charge in [-0.3, -0.25) is 9.20 Å². The molecule has 4 rings (SSSR count). The molecule has 30 heavy (non-hydrogen) atoms. The second kappa shape index (κ2) is 8.33. The molecule has 1 N–H and O–H groups in total. The first-order chi connectivity index (χ1) is 14.5. The predicted octanol–water partition coefficient (Wildman–Crippen LogP) is 3.69. The zero-order valence-corrected chi connectivity index (χ0v) is 17.3. The molecule has 0 unspecified atom stereocenters. The van der Waals surface area contributed by atoms with E-state index in [-0.39, 0.29) is 28.7 Å². The van der Waals surface area contributed by atoms with Gasteiger partial charge < -0.3 is 14.6 Å². The van der Waals surface area contributed by atoms with Gasteiger partial charge in [0.2, 0.25) is 0 Å². The summed E-state index contributed by atoms with van der Waals surface area (Å²) in [5.74, 6) is 0.568. The molecule has 0 radical (unpaired) electrons. The largest absolute Gasteiger partial charge is 0.503 e. The van der Waals surface area contributed by atoms with E-state index in [0.717, 1.165) is 0 Å². The summed E-state index contributed by atoms with van der Waals surface area (Å²) in [5, 5.41) is 9.99. The Bertz CT molecular complexity index is 1340. The number of halogens is 2. The average Bonchev–Trinajstić information content (AvgIpc) is 3.28. The van der Waals surface area contributed by atoms with Crippen molar-refractivity contribution in [2.75, 3.05) is 20.4 Å². The fourth-order valence-corrected chi connectivity index (χ4v) is 4.17. The normalized spacial score (nSPS) is 11.9. The zero-order valence-electron chi connectivity index (χ0n) is 15.8. The molecule has 0 aliphatic heterocycles. The van der Waals surface area contributed by atoms with E-state index in [1.165, 1.54) is 22.8 Å². The SMILES string of the molecule is COc1cc(/C=c2\sc3nc(-c4ccccc4OCCF)cn3c2=O)cc(Cl)c1O. The van der Waals surface area contributed by atoms with Gasteiger partial charge >= 0.3 is 0 Å². The van der Waals surface area contributed by atoms with Crippen LogP contribution < -0.4 is 19.6 Å². The molecule has 0 fully saturated rings. The number of hydrogen-bond donors (Lipinski definition) is 1. The van der Waals surface area contributed by atoms with Gasteiger partial charge in [-0.15, -0.1) is 0 Å². The third-order valence-corrected chi connectivity index (χ3v) is 5.64. The summed E-state index contributed by atoms with van der Waals surface area (Å²) in [6, 6.07) is 10.3. The van der Waals surface area contributed by atoms with Gasteiger partial charge in [0.15, 0.2) is 16.5 Å². The van der Waals surface area contributed by atoms with Crippen molar-refractivity contribution in [3.8, 4) is 28.5 Å². The van der Waals surface area contributed by atoms with Crippen LogP contribution in [0, 0.1) is 0 Å². The minimum atomic E-state index is -0.595. The number of rotatable bonds is 6. The van der Waals surface area contributed by atoms with Gasteiger partial charge in [-0.1, -0.05) is 35.1 Å². The third-order valence-electron chi connectivity index (χ3n) is 4.37. The Hall–Kier alpha value is -3.10. The monoisotopic (exact) mass is 446 g/mol. The molecule has 9 heteroatoms. The fraction of sp³-hybridized carbons (Fsp3) is 0.143. The van der Waals surface area contributed by atoms with Gasteiger partial charge in [0.05, 0.1) is 22.4 Å². The van der Waals surface area contributed by atoms with E-state index in [0.29, 0.717) is 32.1 Å².